The lowest BCUT2D eigenvalue weighted by molar-refractivity contribution is -0.114. The van der Waals surface area contributed by atoms with Crippen molar-refractivity contribution in [1.29, 1.82) is 0 Å². The molecule has 2 aromatic rings. The molecule has 0 atom stereocenters. The van der Waals surface area contributed by atoms with Gasteiger partial charge in [-0.05, 0) is 36.6 Å². The van der Waals surface area contributed by atoms with E-state index < -0.39 is 0 Å². The molecule has 0 saturated heterocycles. The fourth-order valence-electron chi connectivity index (χ4n) is 3.77. The summed E-state index contributed by atoms with van der Waals surface area (Å²) in [5.41, 5.74) is 4.48. The van der Waals surface area contributed by atoms with E-state index in [9.17, 15) is 9.59 Å². The van der Waals surface area contributed by atoms with Crippen LogP contribution in [0.5, 0.6) is 0 Å². The van der Waals surface area contributed by atoms with E-state index in [4.69, 9.17) is 0 Å². The summed E-state index contributed by atoms with van der Waals surface area (Å²) in [5, 5.41) is 0. The topological polar surface area (TPSA) is 66.4 Å². The quantitative estimate of drug-likeness (QED) is 0.780. The molecule has 2 amide bonds. The second-order valence-electron chi connectivity index (χ2n) is 6.57. The van der Waals surface area contributed by atoms with Crippen LogP contribution >= 0.6 is 0 Å². The number of nitrogens with zero attached hydrogens (tertiary/aromatic N) is 4. The largest absolute Gasteiger partial charge is 0.334 e. The summed E-state index contributed by atoms with van der Waals surface area (Å²) in [7, 11) is 0. The first-order chi connectivity index (χ1) is 12.7. The molecule has 2 aliphatic heterocycles. The molecule has 0 fully saturated rings. The van der Waals surface area contributed by atoms with Crippen LogP contribution in [0, 0.1) is 0 Å². The molecule has 0 bridgehead atoms. The molecule has 0 N–H and O–H groups in total. The zero-order chi connectivity index (χ0) is 18.1. The van der Waals surface area contributed by atoms with Crippen LogP contribution in [0.15, 0.2) is 43.4 Å². The number of aromatic nitrogens is 2. The van der Waals surface area contributed by atoms with Crippen LogP contribution in [0.4, 0.5) is 5.69 Å². The number of fused-ring (bicyclic) bond motifs is 2. The van der Waals surface area contributed by atoms with Gasteiger partial charge in [0.2, 0.25) is 5.91 Å². The number of amides is 2. The monoisotopic (exact) mass is 348 g/mol. The van der Waals surface area contributed by atoms with E-state index in [-0.39, 0.29) is 11.8 Å². The minimum Gasteiger partial charge on any atom is -0.334 e. The normalized spacial score (nSPS) is 15.8. The second-order valence-corrected chi connectivity index (χ2v) is 6.57. The molecule has 0 aliphatic carbocycles. The average Bonchev–Trinajstić information content (AvgIpc) is 2.71. The molecule has 132 valence electrons. The molecule has 3 heterocycles. The van der Waals surface area contributed by atoms with Crippen molar-refractivity contribution < 1.29 is 9.59 Å². The van der Waals surface area contributed by atoms with Gasteiger partial charge in [-0.1, -0.05) is 12.6 Å². The fraction of sp³-hybridized carbons (Fsp3) is 0.300. The Morgan fingerprint density at radius 3 is 2.92 bits per heavy atom. The van der Waals surface area contributed by atoms with E-state index in [2.05, 4.69) is 16.5 Å². The first-order valence-electron chi connectivity index (χ1n) is 8.82. The minimum absolute atomic E-state index is 0.00394. The summed E-state index contributed by atoms with van der Waals surface area (Å²) in [5.74, 6) is -0.121. The van der Waals surface area contributed by atoms with Gasteiger partial charge in [0, 0.05) is 49.1 Å². The number of hydrogen-bond acceptors (Lipinski definition) is 4. The zero-order valence-electron chi connectivity index (χ0n) is 14.5. The van der Waals surface area contributed by atoms with Crippen molar-refractivity contribution in [2.24, 2.45) is 0 Å². The first kappa shape index (κ1) is 16.4. The third-order valence-electron chi connectivity index (χ3n) is 5.07. The second kappa shape index (κ2) is 6.71. The Balaban J connectivity index is 1.66. The fourth-order valence-corrected chi connectivity index (χ4v) is 3.77. The van der Waals surface area contributed by atoms with Crippen molar-refractivity contribution in [2.75, 3.05) is 18.0 Å². The van der Waals surface area contributed by atoms with E-state index in [1.54, 1.807) is 17.4 Å². The number of carbonyl (C=O) groups is 2. The van der Waals surface area contributed by atoms with Crippen molar-refractivity contribution in [1.82, 2.24) is 14.9 Å². The molecule has 1 aromatic carbocycles. The third-order valence-corrected chi connectivity index (χ3v) is 5.07. The Kier molecular flexibility index (Phi) is 4.24. The Morgan fingerprint density at radius 1 is 1.19 bits per heavy atom. The molecular weight excluding hydrogens is 328 g/mol. The highest BCUT2D eigenvalue weighted by atomic mass is 16.2. The molecule has 2 aliphatic rings. The van der Waals surface area contributed by atoms with Gasteiger partial charge in [-0.25, -0.2) is 9.97 Å². The number of rotatable bonds is 2. The van der Waals surface area contributed by atoms with Crippen LogP contribution in [-0.2, 0) is 24.2 Å². The molecule has 26 heavy (non-hydrogen) atoms. The number of anilines is 1. The van der Waals surface area contributed by atoms with Crippen LogP contribution in [0.3, 0.4) is 0 Å². The molecule has 4 rings (SSSR count). The Hall–Kier alpha value is -3.02. The van der Waals surface area contributed by atoms with Crippen LogP contribution < -0.4 is 4.90 Å². The van der Waals surface area contributed by atoms with Gasteiger partial charge in [-0.3, -0.25) is 9.59 Å². The van der Waals surface area contributed by atoms with Gasteiger partial charge in [0.25, 0.3) is 5.91 Å². The van der Waals surface area contributed by atoms with Crippen molar-refractivity contribution in [3.8, 4) is 0 Å². The van der Waals surface area contributed by atoms with E-state index in [1.807, 2.05) is 23.1 Å². The number of hydrogen-bond donors (Lipinski definition) is 0. The van der Waals surface area contributed by atoms with E-state index >= 15 is 0 Å². The van der Waals surface area contributed by atoms with E-state index in [1.165, 1.54) is 6.08 Å². The Morgan fingerprint density at radius 2 is 2.08 bits per heavy atom. The van der Waals surface area contributed by atoms with Gasteiger partial charge in [-0.2, -0.15) is 0 Å². The smallest absolute Gasteiger partial charge is 0.254 e. The zero-order valence-corrected chi connectivity index (χ0v) is 14.5. The van der Waals surface area contributed by atoms with Crippen molar-refractivity contribution >= 4 is 17.5 Å². The SMILES string of the molecule is C=CC(=O)N1CCCc2c(C(=O)N3CCc4ncncc4C3)cccc21. The van der Waals surface area contributed by atoms with E-state index in [0.29, 0.717) is 25.2 Å². The molecule has 0 radical (unpaired) electrons. The highest BCUT2D eigenvalue weighted by Crippen LogP contribution is 2.31. The molecular formula is C20H20N4O2. The van der Waals surface area contributed by atoms with Crippen LogP contribution in [0.2, 0.25) is 0 Å². The van der Waals surface area contributed by atoms with Gasteiger partial charge in [0.05, 0.1) is 5.69 Å². The number of carbonyl (C=O) groups excluding carboxylic acids is 2. The Labute approximate surface area is 152 Å². The maximum atomic E-state index is 13.2. The molecule has 1 aromatic heterocycles. The van der Waals surface area contributed by atoms with Crippen molar-refractivity contribution in [3.05, 3.63) is 65.8 Å². The highest BCUT2D eigenvalue weighted by molar-refractivity contribution is 6.04. The van der Waals surface area contributed by atoms with E-state index in [0.717, 1.165) is 41.8 Å². The summed E-state index contributed by atoms with van der Waals surface area (Å²) < 4.78 is 0. The third kappa shape index (κ3) is 2.77. The van der Waals surface area contributed by atoms with Crippen molar-refractivity contribution in [3.63, 3.8) is 0 Å². The van der Waals surface area contributed by atoms with Gasteiger partial charge in [-0.15, -0.1) is 0 Å². The molecule has 0 spiro atoms. The minimum atomic E-state index is -0.125. The standard InChI is InChI=1S/C20H20N4O2/c1-2-19(25)24-9-4-6-15-16(5-3-7-18(15)24)20(26)23-10-8-17-14(12-23)11-21-13-22-17/h2-3,5,7,11,13H,1,4,6,8-10,12H2. The summed E-state index contributed by atoms with van der Waals surface area (Å²) in [6.07, 6.45) is 7.03. The average molecular weight is 348 g/mol. The highest BCUT2D eigenvalue weighted by Gasteiger charge is 2.28. The Bertz CT molecular complexity index is 893. The van der Waals surface area contributed by atoms with Gasteiger partial charge in [0.15, 0.2) is 0 Å². The summed E-state index contributed by atoms with van der Waals surface area (Å²) in [6, 6.07) is 5.62. The lowest BCUT2D eigenvalue weighted by Gasteiger charge is -2.32. The number of benzene rings is 1. The molecule has 6 nitrogen and oxygen atoms in total. The van der Waals surface area contributed by atoms with Crippen LogP contribution in [-0.4, -0.2) is 39.8 Å². The van der Waals surface area contributed by atoms with Gasteiger partial charge in [0.1, 0.15) is 6.33 Å². The maximum Gasteiger partial charge on any atom is 0.254 e. The predicted molar refractivity (Wildman–Crippen MR) is 97.8 cm³/mol. The predicted octanol–water partition coefficient (Wildman–Crippen LogP) is 2.14. The van der Waals surface area contributed by atoms with Crippen LogP contribution in [0.25, 0.3) is 0 Å². The molecule has 0 saturated carbocycles. The van der Waals surface area contributed by atoms with Crippen molar-refractivity contribution in [2.45, 2.75) is 25.8 Å². The molecule has 6 heteroatoms. The molecule has 0 unspecified atom stereocenters. The van der Waals surface area contributed by atoms with Crippen LogP contribution in [0.1, 0.15) is 33.6 Å². The lowest BCUT2D eigenvalue weighted by Crippen LogP contribution is -2.38. The van der Waals surface area contributed by atoms with Gasteiger partial charge < -0.3 is 9.80 Å². The first-order valence-corrected chi connectivity index (χ1v) is 8.82. The maximum absolute atomic E-state index is 13.2. The lowest BCUT2D eigenvalue weighted by atomic mass is 9.94. The van der Waals surface area contributed by atoms with Gasteiger partial charge >= 0.3 is 0 Å². The summed E-state index contributed by atoms with van der Waals surface area (Å²) >= 11 is 0. The summed E-state index contributed by atoms with van der Waals surface area (Å²) in [6.45, 7) is 5.40. The summed E-state index contributed by atoms with van der Waals surface area (Å²) in [4.78, 5) is 37.3.